The fourth-order valence-corrected chi connectivity index (χ4v) is 2.46. The number of thiophene rings is 1. The van der Waals surface area contributed by atoms with Gasteiger partial charge < -0.3 is 0 Å². The molecule has 0 radical (unpaired) electrons. The maximum atomic E-state index is 5.62. The van der Waals surface area contributed by atoms with Gasteiger partial charge in [-0.05, 0) is 35.2 Å². The van der Waals surface area contributed by atoms with Gasteiger partial charge >= 0.3 is 0 Å². The third kappa shape index (κ3) is 3.63. The van der Waals surface area contributed by atoms with Crippen molar-refractivity contribution >= 4 is 22.9 Å². The molecule has 1 aliphatic carbocycles. The average molecular weight is 242 g/mol. The highest BCUT2D eigenvalue weighted by molar-refractivity contribution is 7.07. The van der Waals surface area contributed by atoms with Crippen LogP contribution in [0.15, 0.2) is 29.0 Å². The molecule has 0 unspecified atom stereocenters. The maximum Gasteiger partial charge on any atom is 0.0404 e. The predicted molar refractivity (Wildman–Crippen MR) is 67.6 cm³/mol. The molecule has 1 nitrogen and oxygen atoms in total. The number of hydrogen-bond donors (Lipinski definition) is 0. The summed E-state index contributed by atoms with van der Waals surface area (Å²) in [4.78, 5) is 2.53. The molecule has 0 aromatic carbocycles. The molecule has 0 bridgehead atoms. The molecule has 1 saturated carbocycles. The number of nitrogens with zero attached hydrogens (tertiary/aromatic N) is 1. The standard InChI is InChI=1S/C12H16ClNS/c13-6-1-2-7-14(12-3-4-12)9-11-5-8-15-10-11/h1-2,5,8,10,12H,3-4,6-7,9H2. The topological polar surface area (TPSA) is 3.24 Å². The van der Waals surface area contributed by atoms with Crippen LogP contribution in [0.1, 0.15) is 18.4 Å². The average Bonchev–Trinajstić information content (AvgIpc) is 2.97. The quantitative estimate of drug-likeness (QED) is 0.544. The number of allylic oxidation sites excluding steroid dienone is 1. The summed E-state index contributed by atoms with van der Waals surface area (Å²) in [6.07, 6.45) is 6.93. The zero-order valence-electron chi connectivity index (χ0n) is 8.73. The lowest BCUT2D eigenvalue weighted by Crippen LogP contribution is -2.25. The molecule has 82 valence electrons. The van der Waals surface area contributed by atoms with Gasteiger partial charge in [0.2, 0.25) is 0 Å². The molecular weight excluding hydrogens is 226 g/mol. The van der Waals surface area contributed by atoms with Crippen molar-refractivity contribution in [3.8, 4) is 0 Å². The first kappa shape index (κ1) is 11.2. The lowest BCUT2D eigenvalue weighted by atomic mass is 10.3. The molecule has 0 spiro atoms. The molecule has 1 fully saturated rings. The normalized spacial score (nSPS) is 16.7. The van der Waals surface area contributed by atoms with E-state index in [0.717, 1.165) is 19.1 Å². The summed E-state index contributed by atoms with van der Waals surface area (Å²) in [6.45, 7) is 2.12. The first-order valence-corrected chi connectivity index (χ1v) is 6.84. The van der Waals surface area contributed by atoms with Crippen LogP contribution in [0.3, 0.4) is 0 Å². The van der Waals surface area contributed by atoms with Gasteiger partial charge in [0.1, 0.15) is 0 Å². The minimum Gasteiger partial charge on any atom is -0.292 e. The van der Waals surface area contributed by atoms with Crippen molar-refractivity contribution in [2.75, 3.05) is 12.4 Å². The van der Waals surface area contributed by atoms with Gasteiger partial charge in [0.05, 0.1) is 0 Å². The Bertz CT molecular complexity index is 303. The zero-order chi connectivity index (χ0) is 10.5. The van der Waals surface area contributed by atoms with Crippen LogP contribution in [-0.4, -0.2) is 23.4 Å². The van der Waals surface area contributed by atoms with Crippen LogP contribution in [0.25, 0.3) is 0 Å². The summed E-state index contributed by atoms with van der Waals surface area (Å²) >= 11 is 7.40. The van der Waals surface area contributed by atoms with Crippen LogP contribution in [0.5, 0.6) is 0 Å². The summed E-state index contributed by atoms with van der Waals surface area (Å²) in [6, 6.07) is 3.02. The maximum absolute atomic E-state index is 5.62. The smallest absolute Gasteiger partial charge is 0.0404 e. The molecule has 1 aromatic heterocycles. The highest BCUT2D eigenvalue weighted by atomic mass is 35.5. The van der Waals surface area contributed by atoms with Crippen LogP contribution in [0, 0.1) is 0 Å². The molecule has 0 amide bonds. The minimum absolute atomic E-state index is 0.622. The van der Waals surface area contributed by atoms with Crippen LogP contribution in [0.2, 0.25) is 0 Å². The van der Waals surface area contributed by atoms with E-state index in [1.54, 1.807) is 11.3 Å². The Balaban J connectivity index is 1.86. The van der Waals surface area contributed by atoms with E-state index in [9.17, 15) is 0 Å². The van der Waals surface area contributed by atoms with E-state index in [-0.39, 0.29) is 0 Å². The lowest BCUT2D eigenvalue weighted by Gasteiger charge is -2.19. The molecule has 0 saturated heterocycles. The monoisotopic (exact) mass is 241 g/mol. The Morgan fingerprint density at radius 1 is 1.47 bits per heavy atom. The summed E-state index contributed by atoms with van der Waals surface area (Å²) in [5.74, 6) is 0.622. The first-order chi connectivity index (χ1) is 7.40. The third-order valence-electron chi connectivity index (χ3n) is 2.62. The van der Waals surface area contributed by atoms with Gasteiger partial charge in [0.15, 0.2) is 0 Å². The van der Waals surface area contributed by atoms with Gasteiger partial charge in [0, 0.05) is 25.0 Å². The fraction of sp³-hybridized carbons (Fsp3) is 0.500. The SMILES string of the molecule is ClCC=CCN(Cc1ccsc1)C1CC1. The summed E-state index contributed by atoms with van der Waals surface area (Å²) < 4.78 is 0. The van der Waals surface area contributed by atoms with Crippen molar-refractivity contribution in [3.05, 3.63) is 34.5 Å². The Morgan fingerprint density at radius 3 is 2.93 bits per heavy atom. The highest BCUT2D eigenvalue weighted by Gasteiger charge is 2.27. The molecule has 1 aliphatic rings. The number of alkyl halides is 1. The summed E-state index contributed by atoms with van der Waals surface area (Å²) in [7, 11) is 0. The van der Waals surface area contributed by atoms with Gasteiger partial charge in [0.25, 0.3) is 0 Å². The Hall–Kier alpha value is -0.310. The Morgan fingerprint density at radius 2 is 2.33 bits per heavy atom. The van der Waals surface area contributed by atoms with Crippen LogP contribution >= 0.6 is 22.9 Å². The predicted octanol–water partition coefficient (Wildman–Crippen LogP) is 3.51. The molecule has 1 heterocycles. The van der Waals surface area contributed by atoms with Crippen molar-refractivity contribution in [3.63, 3.8) is 0 Å². The van der Waals surface area contributed by atoms with E-state index in [1.165, 1.54) is 18.4 Å². The minimum atomic E-state index is 0.622. The zero-order valence-corrected chi connectivity index (χ0v) is 10.3. The van der Waals surface area contributed by atoms with Crippen molar-refractivity contribution in [1.82, 2.24) is 4.90 Å². The molecule has 0 atom stereocenters. The van der Waals surface area contributed by atoms with E-state index >= 15 is 0 Å². The molecule has 1 aromatic rings. The molecular formula is C12H16ClNS. The fourth-order valence-electron chi connectivity index (χ4n) is 1.67. The largest absolute Gasteiger partial charge is 0.292 e. The second-order valence-electron chi connectivity index (χ2n) is 3.92. The van der Waals surface area contributed by atoms with Crippen LogP contribution < -0.4 is 0 Å². The van der Waals surface area contributed by atoms with Crippen molar-refractivity contribution in [1.29, 1.82) is 0 Å². The van der Waals surface area contributed by atoms with E-state index in [2.05, 4.69) is 27.8 Å². The second-order valence-corrected chi connectivity index (χ2v) is 5.01. The molecule has 0 aliphatic heterocycles. The van der Waals surface area contributed by atoms with Gasteiger partial charge in [-0.25, -0.2) is 0 Å². The van der Waals surface area contributed by atoms with Gasteiger partial charge in [-0.1, -0.05) is 12.2 Å². The molecule has 0 N–H and O–H groups in total. The first-order valence-electron chi connectivity index (χ1n) is 5.36. The molecule has 3 heteroatoms. The third-order valence-corrected chi connectivity index (χ3v) is 3.53. The van der Waals surface area contributed by atoms with Gasteiger partial charge in [-0.2, -0.15) is 11.3 Å². The van der Waals surface area contributed by atoms with E-state index in [0.29, 0.717) is 5.88 Å². The highest BCUT2D eigenvalue weighted by Crippen LogP contribution is 2.28. The van der Waals surface area contributed by atoms with Crippen molar-refractivity contribution in [2.45, 2.75) is 25.4 Å². The van der Waals surface area contributed by atoms with Crippen molar-refractivity contribution in [2.24, 2.45) is 0 Å². The van der Waals surface area contributed by atoms with E-state index in [4.69, 9.17) is 11.6 Å². The van der Waals surface area contributed by atoms with E-state index < -0.39 is 0 Å². The number of halogens is 1. The van der Waals surface area contributed by atoms with Crippen LogP contribution in [-0.2, 0) is 6.54 Å². The number of hydrogen-bond acceptors (Lipinski definition) is 2. The van der Waals surface area contributed by atoms with Gasteiger partial charge in [-0.15, -0.1) is 11.6 Å². The van der Waals surface area contributed by atoms with E-state index in [1.807, 2.05) is 6.08 Å². The summed E-state index contributed by atoms with van der Waals surface area (Å²) in [5, 5.41) is 4.38. The van der Waals surface area contributed by atoms with Crippen molar-refractivity contribution < 1.29 is 0 Å². The lowest BCUT2D eigenvalue weighted by molar-refractivity contribution is 0.284. The molecule has 15 heavy (non-hydrogen) atoms. The Labute approximate surface area is 100 Å². The molecule has 2 rings (SSSR count). The van der Waals surface area contributed by atoms with Crippen LogP contribution in [0.4, 0.5) is 0 Å². The Kier molecular flexibility index (Phi) is 4.24. The summed E-state index contributed by atoms with van der Waals surface area (Å²) in [5.41, 5.74) is 1.44. The number of rotatable bonds is 6. The second kappa shape index (κ2) is 5.69. The van der Waals surface area contributed by atoms with Gasteiger partial charge in [-0.3, -0.25) is 4.90 Å².